The van der Waals surface area contributed by atoms with Crippen molar-refractivity contribution in [2.45, 2.75) is 118 Å². The normalized spacial score (nSPS) is 55.2. The van der Waals surface area contributed by atoms with Crippen LogP contribution in [0.4, 0.5) is 0 Å². The van der Waals surface area contributed by atoms with Crippen molar-refractivity contribution < 1.29 is 14.6 Å². The molecular weight excluding hydrogens is 444 g/mol. The highest BCUT2D eigenvalue weighted by molar-refractivity contribution is 5.84. The van der Waals surface area contributed by atoms with Gasteiger partial charge in [-0.3, -0.25) is 0 Å². The van der Waals surface area contributed by atoms with Gasteiger partial charge in [-0.15, -0.1) is 0 Å². The van der Waals surface area contributed by atoms with Crippen LogP contribution in [0.25, 0.3) is 0 Å². The molecule has 0 aromatic heterocycles. The number of rotatable bonds is 2. The number of carbonyl (C=O) groups is 1. The second kappa shape index (κ2) is 7.73. The van der Waals surface area contributed by atoms with E-state index < -0.39 is 0 Å². The molecule has 0 aromatic carbocycles. The molecule has 5 fully saturated rings. The van der Waals surface area contributed by atoms with Gasteiger partial charge < -0.3 is 9.84 Å². The number of esters is 1. The molecule has 5 aliphatic carbocycles. The summed E-state index contributed by atoms with van der Waals surface area (Å²) in [5.74, 6) is 2.93. The van der Waals surface area contributed by atoms with Crippen LogP contribution in [0.3, 0.4) is 0 Å². The van der Waals surface area contributed by atoms with E-state index in [-0.39, 0.29) is 29.0 Å². The first kappa shape index (κ1) is 25.2. The van der Waals surface area contributed by atoms with Gasteiger partial charge in [0.25, 0.3) is 0 Å². The van der Waals surface area contributed by atoms with Crippen molar-refractivity contribution in [1.82, 2.24) is 0 Å². The Balaban J connectivity index is 1.40. The minimum Gasteiger partial charge on any atom is -0.454 e. The van der Waals surface area contributed by atoms with Gasteiger partial charge in [0.1, 0.15) is 6.10 Å². The summed E-state index contributed by atoms with van der Waals surface area (Å²) in [6.07, 6.45) is 15.6. The average molecular weight is 495 g/mol. The van der Waals surface area contributed by atoms with Crippen LogP contribution in [0, 0.1) is 56.7 Å². The summed E-state index contributed by atoms with van der Waals surface area (Å²) in [6.45, 7) is 19.4. The minimum atomic E-state index is -0.167. The number of aliphatic hydroxyl groups is 1. The first-order valence-electron chi connectivity index (χ1n) is 15.0. The zero-order chi connectivity index (χ0) is 25.9. The summed E-state index contributed by atoms with van der Waals surface area (Å²) in [5.41, 5.74) is 2.34. The van der Waals surface area contributed by atoms with Crippen molar-refractivity contribution in [2.75, 3.05) is 0 Å². The van der Waals surface area contributed by atoms with Crippen molar-refractivity contribution in [3.8, 4) is 0 Å². The summed E-state index contributed by atoms with van der Waals surface area (Å²) in [5, 5.41) is 11.0. The summed E-state index contributed by atoms with van der Waals surface area (Å²) in [7, 11) is 0. The largest absolute Gasteiger partial charge is 0.454 e. The lowest BCUT2D eigenvalue weighted by molar-refractivity contribution is -0.252. The summed E-state index contributed by atoms with van der Waals surface area (Å²) in [4.78, 5) is 12.2. The van der Waals surface area contributed by atoms with Crippen LogP contribution in [-0.4, -0.2) is 23.3 Å². The number of fused-ring (bicyclic) bond motifs is 7. The summed E-state index contributed by atoms with van der Waals surface area (Å²) >= 11 is 0. The van der Waals surface area contributed by atoms with Gasteiger partial charge in [0, 0.05) is 11.5 Å². The zero-order valence-corrected chi connectivity index (χ0v) is 23.7. The number of aliphatic hydroxyl groups excluding tert-OH is 1. The number of allylic oxidation sites excluding steroid dienone is 1. The number of carbonyl (C=O) groups excluding carboxylic acids is 1. The lowest BCUT2D eigenvalue weighted by atomic mass is 9.32. The molecule has 0 bridgehead atoms. The minimum absolute atomic E-state index is 0.00296. The quantitative estimate of drug-likeness (QED) is 0.320. The van der Waals surface area contributed by atoms with Crippen molar-refractivity contribution in [3.05, 3.63) is 24.3 Å². The topological polar surface area (TPSA) is 46.5 Å². The molecule has 0 saturated heterocycles. The molecule has 3 nitrogen and oxygen atoms in total. The fourth-order valence-corrected chi connectivity index (χ4v) is 12.4. The Labute approximate surface area is 219 Å². The maximum atomic E-state index is 12.2. The molecule has 0 amide bonds. The van der Waals surface area contributed by atoms with E-state index in [1.165, 1.54) is 56.9 Å². The van der Waals surface area contributed by atoms with Gasteiger partial charge in [0.2, 0.25) is 0 Å². The predicted octanol–water partition coefficient (Wildman–Crippen LogP) is 7.49. The maximum Gasteiger partial charge on any atom is 0.331 e. The fraction of sp³-hybridized carbons (Fsp3) is 0.848. The highest BCUT2D eigenvalue weighted by atomic mass is 16.5. The average Bonchev–Trinajstić information content (AvgIpc) is 3.42. The Morgan fingerprint density at radius 3 is 2.33 bits per heavy atom. The molecule has 0 spiro atoms. The van der Waals surface area contributed by atoms with Crippen molar-refractivity contribution in [2.24, 2.45) is 56.7 Å². The lowest BCUT2D eigenvalue weighted by Gasteiger charge is -2.73. The van der Waals surface area contributed by atoms with E-state index in [0.29, 0.717) is 39.9 Å². The van der Waals surface area contributed by atoms with Gasteiger partial charge in [0.15, 0.2) is 0 Å². The van der Waals surface area contributed by atoms with E-state index in [9.17, 15) is 9.90 Å². The number of ether oxygens (including phenoxy) is 1. The standard InChI is InChI=1S/C33H50O3/c1-20(2)21-12-17-33(26-10-11-27(35)36-26)19-18-31(6)22(28(21)33)8-9-24-30(5)15-14-25(34)29(3,4)23(30)13-16-32(24,31)7/h10-11,21-26,28,34H,1,8-9,12-19H2,2-7H3/t21-,22+,23-,24+,25-,26+,28+,30-,31+,32+,33+/m0/s1. The molecule has 0 aromatic rings. The van der Waals surface area contributed by atoms with Gasteiger partial charge in [-0.1, -0.05) is 46.8 Å². The summed E-state index contributed by atoms with van der Waals surface area (Å²) in [6, 6.07) is 0. The van der Waals surface area contributed by atoms with E-state index >= 15 is 0 Å². The molecule has 36 heavy (non-hydrogen) atoms. The number of cyclic esters (lactones) is 1. The van der Waals surface area contributed by atoms with Gasteiger partial charge in [0.05, 0.1) is 6.10 Å². The number of hydrogen-bond acceptors (Lipinski definition) is 3. The highest BCUT2D eigenvalue weighted by Crippen LogP contribution is 2.78. The molecule has 3 heteroatoms. The van der Waals surface area contributed by atoms with Crippen LogP contribution in [0.1, 0.15) is 106 Å². The molecular formula is C33H50O3. The SMILES string of the molecule is C=C(C)[C@@H]1CC[C@]2([C@H]3C=CC(=O)O3)CC[C@]3(C)[C@H](CC[C@@H]4[C@@]5(C)CC[C@H](O)C(C)(C)[C@@H]5CC[C@]43C)[C@@H]12. The van der Waals surface area contributed by atoms with E-state index in [0.717, 1.165) is 18.8 Å². The van der Waals surface area contributed by atoms with Crippen LogP contribution < -0.4 is 0 Å². The lowest BCUT2D eigenvalue weighted by Crippen LogP contribution is -2.67. The second-order valence-electron chi connectivity index (χ2n) is 15.5. The van der Waals surface area contributed by atoms with E-state index in [2.05, 4.69) is 54.2 Å². The maximum absolute atomic E-state index is 12.2. The predicted molar refractivity (Wildman–Crippen MR) is 144 cm³/mol. The first-order valence-corrected chi connectivity index (χ1v) is 15.0. The van der Waals surface area contributed by atoms with Gasteiger partial charge in [-0.05, 0) is 128 Å². The molecule has 200 valence electrons. The van der Waals surface area contributed by atoms with Crippen LogP contribution >= 0.6 is 0 Å². The molecule has 6 aliphatic rings. The number of hydrogen-bond donors (Lipinski definition) is 1. The van der Waals surface area contributed by atoms with Crippen LogP contribution in [0.15, 0.2) is 24.3 Å². The Bertz CT molecular complexity index is 995. The third-order valence-electron chi connectivity index (χ3n) is 14.3. The van der Waals surface area contributed by atoms with Crippen molar-refractivity contribution in [1.29, 1.82) is 0 Å². The zero-order valence-electron chi connectivity index (χ0n) is 23.7. The monoisotopic (exact) mass is 494 g/mol. The van der Waals surface area contributed by atoms with E-state index in [1.807, 2.05) is 0 Å². The van der Waals surface area contributed by atoms with Crippen molar-refractivity contribution in [3.63, 3.8) is 0 Å². The Morgan fingerprint density at radius 2 is 1.67 bits per heavy atom. The van der Waals surface area contributed by atoms with Gasteiger partial charge in [-0.2, -0.15) is 0 Å². The van der Waals surface area contributed by atoms with Gasteiger partial charge >= 0.3 is 5.97 Å². The third kappa shape index (κ3) is 2.93. The van der Waals surface area contributed by atoms with Crippen LogP contribution in [0.5, 0.6) is 0 Å². The highest BCUT2D eigenvalue weighted by Gasteiger charge is 2.71. The second-order valence-corrected chi connectivity index (χ2v) is 15.5. The van der Waals surface area contributed by atoms with Crippen molar-refractivity contribution >= 4 is 5.97 Å². The first-order chi connectivity index (χ1) is 16.8. The third-order valence-corrected chi connectivity index (χ3v) is 14.3. The molecule has 1 N–H and O–H groups in total. The van der Waals surface area contributed by atoms with E-state index in [1.54, 1.807) is 6.08 Å². The van der Waals surface area contributed by atoms with Gasteiger partial charge in [-0.25, -0.2) is 4.79 Å². The molecule has 5 saturated carbocycles. The smallest absolute Gasteiger partial charge is 0.331 e. The Kier molecular flexibility index (Phi) is 5.41. The van der Waals surface area contributed by atoms with Crippen LogP contribution in [0.2, 0.25) is 0 Å². The molecule has 6 rings (SSSR count). The summed E-state index contributed by atoms with van der Waals surface area (Å²) < 4.78 is 5.99. The van der Waals surface area contributed by atoms with Crippen LogP contribution in [-0.2, 0) is 9.53 Å². The van der Waals surface area contributed by atoms with E-state index in [4.69, 9.17) is 4.74 Å². The Hall–Kier alpha value is -1.09. The Morgan fingerprint density at radius 1 is 0.917 bits per heavy atom. The fourth-order valence-electron chi connectivity index (χ4n) is 12.4. The molecule has 1 heterocycles. The molecule has 0 radical (unpaired) electrons. The molecule has 1 aliphatic heterocycles. The molecule has 11 atom stereocenters. The molecule has 0 unspecified atom stereocenters.